The van der Waals surface area contributed by atoms with Crippen molar-refractivity contribution in [2.45, 2.75) is 12.6 Å². The Kier molecular flexibility index (Phi) is 3.22. The molecule has 0 aliphatic carbocycles. The maximum Gasteiger partial charge on any atom is 0.169 e. The van der Waals surface area contributed by atoms with Crippen molar-refractivity contribution in [3.63, 3.8) is 0 Å². The van der Waals surface area contributed by atoms with Gasteiger partial charge in [0.1, 0.15) is 0 Å². The Morgan fingerprint density at radius 3 is 2.53 bits per heavy atom. The first kappa shape index (κ1) is 12.2. The van der Waals surface area contributed by atoms with Gasteiger partial charge in [0, 0.05) is 13.6 Å². The van der Waals surface area contributed by atoms with Crippen molar-refractivity contribution < 1.29 is 0 Å². The lowest BCUT2D eigenvalue weighted by Crippen LogP contribution is -2.36. The summed E-state index contributed by atoms with van der Waals surface area (Å²) in [5, 5.41) is 4.25. The topological polar surface area (TPSA) is 15.3 Å². The second-order valence-corrected chi connectivity index (χ2v) is 5.23. The number of thiocarbonyl (C=S) groups is 1. The fourth-order valence-corrected chi connectivity index (χ4v) is 2.69. The molecule has 0 fully saturated rings. The van der Waals surface area contributed by atoms with Crippen molar-refractivity contribution in [3.05, 3.63) is 71.3 Å². The highest BCUT2D eigenvalue weighted by atomic mass is 32.1. The minimum Gasteiger partial charge on any atom is -0.352 e. The molecular formula is C16H16N2S. The molecule has 1 aliphatic heterocycles. The molecule has 0 radical (unpaired) electrons. The van der Waals surface area contributed by atoms with Gasteiger partial charge in [-0.1, -0.05) is 54.6 Å². The summed E-state index contributed by atoms with van der Waals surface area (Å²) in [5.74, 6) is 0. The zero-order valence-corrected chi connectivity index (χ0v) is 11.7. The molecule has 3 rings (SSSR count). The Labute approximate surface area is 119 Å². The Morgan fingerprint density at radius 1 is 1.05 bits per heavy atom. The highest BCUT2D eigenvalue weighted by Crippen LogP contribution is 2.28. The van der Waals surface area contributed by atoms with Crippen LogP contribution in [0.15, 0.2) is 54.6 Å². The van der Waals surface area contributed by atoms with Crippen LogP contribution in [-0.2, 0) is 6.54 Å². The third kappa shape index (κ3) is 2.34. The molecule has 0 bridgehead atoms. The summed E-state index contributed by atoms with van der Waals surface area (Å²) in [6, 6.07) is 19.1. The minimum atomic E-state index is 0.134. The van der Waals surface area contributed by atoms with Gasteiger partial charge < -0.3 is 10.2 Å². The third-order valence-electron chi connectivity index (χ3n) is 3.52. The van der Waals surface area contributed by atoms with Crippen molar-refractivity contribution in [3.8, 4) is 0 Å². The van der Waals surface area contributed by atoms with Crippen molar-refractivity contribution in [1.82, 2.24) is 10.2 Å². The highest BCUT2D eigenvalue weighted by molar-refractivity contribution is 7.80. The van der Waals surface area contributed by atoms with E-state index in [1.165, 1.54) is 16.7 Å². The van der Waals surface area contributed by atoms with Crippen molar-refractivity contribution >= 4 is 17.3 Å². The zero-order valence-electron chi connectivity index (χ0n) is 10.8. The van der Waals surface area contributed by atoms with E-state index < -0.39 is 0 Å². The molecule has 0 aromatic heterocycles. The van der Waals surface area contributed by atoms with E-state index in [2.05, 4.69) is 58.7 Å². The lowest BCUT2D eigenvalue weighted by atomic mass is 9.95. The number of nitrogens with one attached hydrogen (secondary N) is 1. The number of hydrogen-bond acceptors (Lipinski definition) is 1. The molecule has 0 saturated heterocycles. The maximum absolute atomic E-state index is 5.45. The molecule has 0 spiro atoms. The predicted molar refractivity (Wildman–Crippen MR) is 81.9 cm³/mol. The van der Waals surface area contributed by atoms with Gasteiger partial charge in [-0.25, -0.2) is 0 Å². The van der Waals surface area contributed by atoms with Crippen LogP contribution in [0.4, 0.5) is 0 Å². The molecule has 3 heteroatoms. The summed E-state index contributed by atoms with van der Waals surface area (Å²) < 4.78 is 0. The fourth-order valence-electron chi connectivity index (χ4n) is 2.51. The van der Waals surface area contributed by atoms with Crippen LogP contribution in [0.1, 0.15) is 22.7 Å². The van der Waals surface area contributed by atoms with E-state index in [4.69, 9.17) is 12.2 Å². The van der Waals surface area contributed by atoms with E-state index in [0.717, 1.165) is 11.7 Å². The molecule has 1 N–H and O–H groups in total. The Bertz CT molecular complexity index is 595. The average Bonchev–Trinajstić information content (AvgIpc) is 2.58. The molecule has 2 nitrogen and oxygen atoms in total. The summed E-state index contributed by atoms with van der Waals surface area (Å²) in [6.45, 7) is 0.853. The predicted octanol–water partition coefficient (Wildman–Crippen LogP) is 3.10. The largest absolute Gasteiger partial charge is 0.352 e. The van der Waals surface area contributed by atoms with E-state index in [9.17, 15) is 0 Å². The van der Waals surface area contributed by atoms with Crippen LogP contribution in [-0.4, -0.2) is 17.1 Å². The highest BCUT2D eigenvalue weighted by Gasteiger charge is 2.23. The Morgan fingerprint density at radius 2 is 1.74 bits per heavy atom. The fraction of sp³-hybridized carbons (Fsp3) is 0.188. The van der Waals surface area contributed by atoms with Gasteiger partial charge in [-0.2, -0.15) is 0 Å². The number of benzene rings is 2. The van der Waals surface area contributed by atoms with Crippen molar-refractivity contribution in [2.24, 2.45) is 0 Å². The van der Waals surface area contributed by atoms with E-state index in [-0.39, 0.29) is 6.04 Å². The SMILES string of the molecule is CN1Cc2ccccc2[C@@H](c2ccccc2)NC1=S. The third-order valence-corrected chi connectivity index (χ3v) is 3.95. The molecule has 1 atom stereocenters. The van der Waals surface area contributed by atoms with Crippen LogP contribution < -0.4 is 5.32 Å². The Balaban J connectivity index is 2.10. The summed E-state index contributed by atoms with van der Waals surface area (Å²) in [5.41, 5.74) is 3.87. The van der Waals surface area contributed by atoms with Gasteiger partial charge in [0.2, 0.25) is 0 Å². The smallest absolute Gasteiger partial charge is 0.169 e. The second kappa shape index (κ2) is 5.02. The number of hydrogen-bond donors (Lipinski definition) is 1. The van der Waals surface area contributed by atoms with Crippen LogP contribution in [0.3, 0.4) is 0 Å². The molecule has 0 unspecified atom stereocenters. The van der Waals surface area contributed by atoms with Crippen molar-refractivity contribution in [2.75, 3.05) is 7.05 Å². The first-order valence-corrected chi connectivity index (χ1v) is 6.81. The molecule has 19 heavy (non-hydrogen) atoms. The lowest BCUT2D eigenvalue weighted by Gasteiger charge is -2.21. The van der Waals surface area contributed by atoms with Crippen LogP contribution in [0.25, 0.3) is 0 Å². The van der Waals surface area contributed by atoms with Gasteiger partial charge in [-0.15, -0.1) is 0 Å². The summed E-state index contributed by atoms with van der Waals surface area (Å²) in [7, 11) is 2.03. The average molecular weight is 268 g/mol. The molecule has 2 aromatic carbocycles. The molecule has 2 aromatic rings. The molecule has 1 heterocycles. The molecule has 0 amide bonds. The summed E-state index contributed by atoms with van der Waals surface area (Å²) in [6.07, 6.45) is 0. The van der Waals surface area contributed by atoms with Gasteiger partial charge in [-0.05, 0) is 28.9 Å². The molecular weight excluding hydrogens is 252 g/mol. The normalized spacial score (nSPS) is 18.5. The van der Waals surface area contributed by atoms with Gasteiger partial charge >= 0.3 is 0 Å². The first-order valence-electron chi connectivity index (χ1n) is 6.40. The van der Waals surface area contributed by atoms with Gasteiger partial charge in [0.15, 0.2) is 5.11 Å². The molecule has 0 saturated carbocycles. The molecule has 1 aliphatic rings. The zero-order chi connectivity index (χ0) is 13.2. The molecule has 96 valence electrons. The maximum atomic E-state index is 5.45. The van der Waals surface area contributed by atoms with Crippen LogP contribution in [0.2, 0.25) is 0 Å². The quantitative estimate of drug-likeness (QED) is 0.800. The Hall–Kier alpha value is -1.87. The monoisotopic (exact) mass is 268 g/mol. The van der Waals surface area contributed by atoms with Crippen molar-refractivity contribution in [1.29, 1.82) is 0 Å². The van der Waals surface area contributed by atoms with Gasteiger partial charge in [0.05, 0.1) is 6.04 Å². The van der Waals surface area contributed by atoms with E-state index in [0.29, 0.717) is 0 Å². The van der Waals surface area contributed by atoms with Gasteiger partial charge in [-0.3, -0.25) is 0 Å². The summed E-state index contributed by atoms with van der Waals surface area (Å²) >= 11 is 5.45. The number of fused-ring (bicyclic) bond motifs is 1. The van der Waals surface area contributed by atoms with Crippen LogP contribution in [0, 0.1) is 0 Å². The summed E-state index contributed by atoms with van der Waals surface area (Å²) in [4.78, 5) is 2.08. The van der Waals surface area contributed by atoms with Crippen LogP contribution in [0.5, 0.6) is 0 Å². The lowest BCUT2D eigenvalue weighted by molar-refractivity contribution is 0.498. The van der Waals surface area contributed by atoms with Gasteiger partial charge in [0.25, 0.3) is 0 Å². The minimum absolute atomic E-state index is 0.134. The first-order chi connectivity index (χ1) is 9.25. The van der Waals surface area contributed by atoms with E-state index in [1.54, 1.807) is 0 Å². The second-order valence-electron chi connectivity index (χ2n) is 4.85. The number of rotatable bonds is 1. The number of nitrogens with zero attached hydrogens (tertiary/aromatic N) is 1. The van der Waals surface area contributed by atoms with E-state index in [1.807, 2.05) is 13.1 Å². The standard InChI is InChI=1S/C16H16N2S/c1-18-11-13-9-5-6-10-14(13)15(17-16(18)19)12-7-3-2-4-8-12/h2-10,15H,11H2,1H3,(H,17,19)/t15-/m1/s1. The van der Waals surface area contributed by atoms with E-state index >= 15 is 0 Å². The van der Waals surface area contributed by atoms with Crippen LogP contribution >= 0.6 is 12.2 Å².